The maximum atomic E-state index is 9.54. The molecule has 1 aromatic carbocycles. The van der Waals surface area contributed by atoms with Crippen molar-refractivity contribution >= 4 is 11.4 Å². The van der Waals surface area contributed by atoms with Crippen LogP contribution in [0.15, 0.2) is 48.6 Å². The average molecular weight is 329 g/mol. The molecule has 1 atom stereocenters. The Bertz CT molecular complexity index is 583. The number of benzene rings is 1. The van der Waals surface area contributed by atoms with Crippen molar-refractivity contribution in [3.63, 3.8) is 0 Å². The van der Waals surface area contributed by atoms with Crippen LogP contribution in [0.5, 0.6) is 0 Å². The van der Waals surface area contributed by atoms with Gasteiger partial charge in [-0.05, 0) is 65.3 Å². The van der Waals surface area contributed by atoms with E-state index in [0.717, 1.165) is 18.7 Å². The summed E-state index contributed by atoms with van der Waals surface area (Å²) in [5.74, 6) is 0. The van der Waals surface area contributed by atoms with Crippen LogP contribution in [-0.2, 0) is 0 Å². The summed E-state index contributed by atoms with van der Waals surface area (Å²) in [5.41, 5.74) is 2.40. The summed E-state index contributed by atoms with van der Waals surface area (Å²) >= 11 is 0. The van der Waals surface area contributed by atoms with Gasteiger partial charge < -0.3 is 14.9 Å². The summed E-state index contributed by atoms with van der Waals surface area (Å²) in [6.07, 6.45) is 9.56. The molecule has 24 heavy (non-hydrogen) atoms. The summed E-state index contributed by atoms with van der Waals surface area (Å²) < 4.78 is 0. The molecule has 132 valence electrons. The summed E-state index contributed by atoms with van der Waals surface area (Å²) in [5, 5.41) is 9.54. The van der Waals surface area contributed by atoms with E-state index in [2.05, 4.69) is 93.0 Å². The summed E-state index contributed by atoms with van der Waals surface area (Å²) in [6.45, 7) is 12.9. The maximum Gasteiger partial charge on any atom is 0.0606 e. The summed E-state index contributed by atoms with van der Waals surface area (Å²) in [4.78, 5) is 4.70. The molecule has 2 rings (SSSR count). The van der Waals surface area contributed by atoms with Crippen molar-refractivity contribution < 1.29 is 5.11 Å². The average Bonchev–Trinajstić information content (AvgIpc) is 2.53. The lowest BCUT2D eigenvalue weighted by atomic mass is 9.90. The number of anilines is 2. The Morgan fingerprint density at radius 2 is 1.71 bits per heavy atom. The Morgan fingerprint density at radius 1 is 1.08 bits per heavy atom. The van der Waals surface area contributed by atoms with Crippen LogP contribution in [0, 0.1) is 0 Å². The van der Waals surface area contributed by atoms with Crippen LogP contribution < -0.4 is 9.80 Å². The van der Waals surface area contributed by atoms with Gasteiger partial charge in [0.15, 0.2) is 0 Å². The Balaban J connectivity index is 2.29. The molecular formula is C21H32N2O. The molecule has 0 aliphatic heterocycles. The molecule has 0 aromatic heterocycles. The van der Waals surface area contributed by atoms with E-state index in [4.69, 9.17) is 0 Å². The minimum atomic E-state index is -0.0898. The Labute approximate surface area is 147 Å². The van der Waals surface area contributed by atoms with Gasteiger partial charge in [0.25, 0.3) is 0 Å². The normalized spacial score (nSPS) is 20.2. The van der Waals surface area contributed by atoms with E-state index in [1.165, 1.54) is 5.69 Å². The second-order valence-electron chi connectivity index (χ2n) is 7.66. The van der Waals surface area contributed by atoms with Crippen LogP contribution in [-0.4, -0.2) is 35.9 Å². The number of aliphatic hydroxyl groups excluding tert-OH is 1. The predicted molar refractivity (Wildman–Crippen MR) is 105 cm³/mol. The number of hydrogen-bond donors (Lipinski definition) is 1. The molecular weight excluding hydrogens is 296 g/mol. The van der Waals surface area contributed by atoms with Crippen molar-refractivity contribution in [2.75, 3.05) is 29.5 Å². The van der Waals surface area contributed by atoms with Crippen LogP contribution in [0.1, 0.15) is 41.0 Å². The molecule has 1 aliphatic carbocycles. The van der Waals surface area contributed by atoms with E-state index in [9.17, 15) is 5.11 Å². The van der Waals surface area contributed by atoms with Crippen molar-refractivity contribution in [3.05, 3.63) is 48.6 Å². The molecule has 0 bridgehead atoms. The minimum absolute atomic E-state index is 0.0898. The highest BCUT2D eigenvalue weighted by atomic mass is 16.3. The molecule has 3 nitrogen and oxygen atoms in total. The van der Waals surface area contributed by atoms with Gasteiger partial charge in [-0.1, -0.05) is 24.3 Å². The van der Waals surface area contributed by atoms with Gasteiger partial charge in [-0.15, -0.1) is 0 Å². The largest absolute Gasteiger partial charge is 0.395 e. The molecule has 0 spiro atoms. The fourth-order valence-electron chi connectivity index (χ4n) is 3.55. The molecule has 3 heteroatoms. The van der Waals surface area contributed by atoms with Crippen molar-refractivity contribution in [1.29, 1.82) is 0 Å². The predicted octanol–water partition coefficient (Wildman–Crippen LogP) is 4.38. The Morgan fingerprint density at radius 3 is 2.17 bits per heavy atom. The van der Waals surface area contributed by atoms with Gasteiger partial charge in [0.05, 0.1) is 12.1 Å². The van der Waals surface area contributed by atoms with Crippen molar-refractivity contribution in [1.82, 2.24) is 0 Å². The van der Waals surface area contributed by atoms with Gasteiger partial charge >= 0.3 is 0 Å². The van der Waals surface area contributed by atoms with E-state index in [-0.39, 0.29) is 17.7 Å². The molecule has 0 saturated heterocycles. The third kappa shape index (κ3) is 4.02. The molecule has 0 unspecified atom stereocenters. The molecule has 0 heterocycles. The number of nitrogens with zero attached hydrogens (tertiary/aromatic N) is 2. The zero-order valence-electron chi connectivity index (χ0n) is 15.8. The van der Waals surface area contributed by atoms with Crippen molar-refractivity contribution in [2.45, 2.75) is 52.1 Å². The smallest absolute Gasteiger partial charge is 0.0606 e. The molecule has 1 aromatic rings. The molecule has 0 saturated carbocycles. The fraction of sp³-hybridized carbons (Fsp3) is 0.524. The highest BCUT2D eigenvalue weighted by Gasteiger charge is 2.29. The zero-order chi connectivity index (χ0) is 17.8. The molecule has 0 radical (unpaired) electrons. The topological polar surface area (TPSA) is 26.7 Å². The zero-order valence-corrected chi connectivity index (χ0v) is 15.8. The van der Waals surface area contributed by atoms with Crippen LogP contribution in [0.25, 0.3) is 0 Å². The minimum Gasteiger partial charge on any atom is -0.395 e. The molecule has 0 amide bonds. The first-order valence-electron chi connectivity index (χ1n) is 8.92. The van der Waals surface area contributed by atoms with Gasteiger partial charge in [0.2, 0.25) is 0 Å². The second-order valence-corrected chi connectivity index (χ2v) is 7.66. The third-order valence-electron chi connectivity index (χ3n) is 4.77. The van der Waals surface area contributed by atoms with E-state index in [1.54, 1.807) is 0 Å². The highest BCUT2D eigenvalue weighted by Crippen LogP contribution is 2.32. The summed E-state index contributed by atoms with van der Waals surface area (Å²) in [6, 6.07) is 8.74. The standard InChI is InChI=1S/C21H32N2O/c1-6-22(20(2,3)4)18-10-12-19(13-11-18)23(16-17-24)21(5)14-8-7-9-15-21/h7-14,24H,6,15-17H2,1-5H3/t21-/m1/s1. The molecule has 1 N–H and O–H groups in total. The van der Waals surface area contributed by atoms with Crippen molar-refractivity contribution in [2.24, 2.45) is 0 Å². The van der Waals surface area contributed by atoms with E-state index in [0.29, 0.717) is 6.54 Å². The lowest BCUT2D eigenvalue weighted by molar-refractivity contribution is 0.292. The quantitative estimate of drug-likeness (QED) is 0.839. The summed E-state index contributed by atoms with van der Waals surface area (Å²) in [7, 11) is 0. The molecule has 0 fully saturated rings. The monoisotopic (exact) mass is 328 g/mol. The van der Waals surface area contributed by atoms with Crippen LogP contribution in [0.3, 0.4) is 0 Å². The van der Waals surface area contributed by atoms with Crippen molar-refractivity contribution in [3.8, 4) is 0 Å². The number of hydrogen-bond acceptors (Lipinski definition) is 3. The SMILES string of the molecule is CCN(c1ccc(N(CCO)[C@]2(C)C=CC=CC2)cc1)C(C)(C)C. The van der Waals surface area contributed by atoms with Gasteiger partial charge in [-0.2, -0.15) is 0 Å². The fourth-order valence-corrected chi connectivity index (χ4v) is 3.55. The number of β-amino-alcohol motifs (C(OH)–C–C–N with tert-alkyl or cyclic N) is 1. The third-order valence-corrected chi connectivity index (χ3v) is 4.77. The second kappa shape index (κ2) is 7.43. The first kappa shape index (κ1) is 18.6. The molecule has 1 aliphatic rings. The maximum absolute atomic E-state index is 9.54. The van der Waals surface area contributed by atoms with E-state index >= 15 is 0 Å². The van der Waals surface area contributed by atoms with E-state index in [1.807, 2.05) is 0 Å². The number of allylic oxidation sites excluding steroid dienone is 2. The highest BCUT2D eigenvalue weighted by molar-refractivity contribution is 5.59. The number of rotatable bonds is 6. The van der Waals surface area contributed by atoms with Crippen LogP contribution in [0.4, 0.5) is 11.4 Å². The number of aliphatic hydroxyl groups is 1. The van der Waals surface area contributed by atoms with E-state index < -0.39 is 0 Å². The lowest BCUT2D eigenvalue weighted by Gasteiger charge is -2.42. The van der Waals surface area contributed by atoms with Gasteiger partial charge in [-0.25, -0.2) is 0 Å². The van der Waals surface area contributed by atoms with Gasteiger partial charge in [-0.3, -0.25) is 0 Å². The van der Waals surface area contributed by atoms with Crippen LogP contribution >= 0.6 is 0 Å². The Kier molecular flexibility index (Phi) is 5.76. The van der Waals surface area contributed by atoms with Gasteiger partial charge in [0.1, 0.15) is 0 Å². The Hall–Kier alpha value is -1.74. The first-order chi connectivity index (χ1) is 11.3. The lowest BCUT2D eigenvalue weighted by Crippen LogP contribution is -2.47. The first-order valence-corrected chi connectivity index (χ1v) is 8.92. The van der Waals surface area contributed by atoms with Gasteiger partial charge in [0, 0.05) is 30.0 Å². The van der Waals surface area contributed by atoms with Crippen LogP contribution in [0.2, 0.25) is 0 Å².